The van der Waals surface area contributed by atoms with Gasteiger partial charge in [0.1, 0.15) is 22.3 Å². The van der Waals surface area contributed by atoms with Gasteiger partial charge >= 0.3 is 0 Å². The summed E-state index contributed by atoms with van der Waals surface area (Å²) in [5.41, 5.74) is 10.5. The molecule has 3 aromatic heterocycles. The molecule has 270 valence electrons. The van der Waals surface area contributed by atoms with Gasteiger partial charge in [-0.25, -0.2) is 15.0 Å². The number of nitrogens with zero attached hydrogens (tertiary/aromatic N) is 3. The lowest BCUT2D eigenvalue weighted by Crippen LogP contribution is -2.01. The topological polar surface area (TPSA) is 65.0 Å². The Kier molecular flexibility index (Phi) is 7.16. The Bertz CT molecular complexity index is 3580. The fourth-order valence-electron chi connectivity index (χ4n) is 8.59. The zero-order valence-electron chi connectivity index (χ0n) is 31.1. The third-order valence-electron chi connectivity index (χ3n) is 11.3. The van der Waals surface area contributed by atoms with E-state index in [1.807, 2.05) is 36.4 Å². The molecule has 58 heavy (non-hydrogen) atoms. The molecule has 0 radical (unpaired) electrons. The van der Waals surface area contributed by atoms with Crippen LogP contribution in [0.25, 0.3) is 122 Å². The van der Waals surface area contributed by atoms with Crippen LogP contribution in [0, 0.1) is 0 Å². The van der Waals surface area contributed by atoms with Gasteiger partial charge in [-0.15, -0.1) is 0 Å². The van der Waals surface area contributed by atoms with Crippen molar-refractivity contribution >= 4 is 65.4 Å². The van der Waals surface area contributed by atoms with E-state index in [1.54, 1.807) is 0 Å². The van der Waals surface area contributed by atoms with Crippen molar-refractivity contribution < 1.29 is 8.83 Å². The number of hydrogen-bond donors (Lipinski definition) is 0. The molecule has 12 rings (SSSR count). The van der Waals surface area contributed by atoms with E-state index < -0.39 is 0 Å². The van der Waals surface area contributed by atoms with Gasteiger partial charge in [0.2, 0.25) is 0 Å². The summed E-state index contributed by atoms with van der Waals surface area (Å²) in [4.78, 5) is 15.7. The van der Waals surface area contributed by atoms with E-state index in [-0.39, 0.29) is 0 Å². The first-order valence-electron chi connectivity index (χ1n) is 19.4. The molecule has 0 unspecified atom stereocenters. The van der Waals surface area contributed by atoms with Crippen LogP contribution in [0.3, 0.4) is 0 Å². The van der Waals surface area contributed by atoms with Crippen LogP contribution < -0.4 is 0 Å². The Labute approximate surface area is 332 Å². The molecule has 0 aliphatic heterocycles. The van der Waals surface area contributed by atoms with Gasteiger partial charge in [-0.3, -0.25) is 0 Å². The van der Waals surface area contributed by atoms with Gasteiger partial charge < -0.3 is 8.83 Å². The zero-order chi connectivity index (χ0) is 38.2. The van der Waals surface area contributed by atoms with E-state index in [2.05, 4.69) is 152 Å². The van der Waals surface area contributed by atoms with E-state index in [1.165, 1.54) is 5.56 Å². The van der Waals surface area contributed by atoms with E-state index in [0.717, 1.165) is 98.8 Å². The Morgan fingerprint density at radius 2 is 0.914 bits per heavy atom. The molecule has 0 aliphatic carbocycles. The van der Waals surface area contributed by atoms with Gasteiger partial charge in [-0.05, 0) is 86.3 Å². The molecule has 0 saturated heterocycles. The molecule has 0 spiro atoms. The molecule has 0 saturated carbocycles. The summed E-state index contributed by atoms with van der Waals surface area (Å²) in [6, 6.07) is 65.2. The van der Waals surface area contributed by atoms with Crippen LogP contribution in [0.2, 0.25) is 0 Å². The number of hydrogen-bond acceptors (Lipinski definition) is 5. The van der Waals surface area contributed by atoms with Crippen molar-refractivity contribution in [3.63, 3.8) is 0 Å². The molecule has 0 N–H and O–H groups in total. The lowest BCUT2D eigenvalue weighted by Gasteiger charge is -2.14. The van der Waals surface area contributed by atoms with Crippen LogP contribution in [0.15, 0.2) is 197 Å². The largest absolute Gasteiger partial charge is 0.456 e. The molecular formula is C53H31N3O2. The fraction of sp³-hybridized carbons (Fsp3) is 0. The predicted octanol–water partition coefficient (Wildman–Crippen LogP) is 14.3. The predicted molar refractivity (Wildman–Crippen MR) is 237 cm³/mol. The van der Waals surface area contributed by atoms with E-state index in [0.29, 0.717) is 17.5 Å². The molecule has 0 fully saturated rings. The molecule has 0 amide bonds. The lowest BCUT2D eigenvalue weighted by molar-refractivity contribution is 0.669. The first-order chi connectivity index (χ1) is 28.7. The van der Waals surface area contributed by atoms with Gasteiger partial charge in [0, 0.05) is 32.7 Å². The number of furan rings is 2. The summed E-state index contributed by atoms with van der Waals surface area (Å²) in [6.45, 7) is 0. The van der Waals surface area contributed by atoms with Crippen molar-refractivity contribution in [1.82, 2.24) is 15.0 Å². The first-order valence-corrected chi connectivity index (χ1v) is 19.4. The molecule has 12 aromatic rings. The zero-order valence-corrected chi connectivity index (χ0v) is 31.1. The average molecular weight is 742 g/mol. The molecular weight excluding hydrogens is 711 g/mol. The Balaban J connectivity index is 1.08. The van der Waals surface area contributed by atoms with Gasteiger partial charge in [-0.1, -0.05) is 146 Å². The molecule has 0 aliphatic rings. The summed E-state index contributed by atoms with van der Waals surface area (Å²) in [5.74, 6) is 1.73. The number of aromatic nitrogens is 3. The standard InChI is InChI=1S/C53H31N3O2/c1-2-12-32(13-3-1)35-26-29-47-45(31-35)49-41(19-11-23-48(49)57-47)39-27-28-43(38-17-7-6-16-37(38)39)52-54-51(36-25-24-33-14-4-5-15-34(33)30-36)55-53(56-52)44-21-10-20-42-40-18-8-9-22-46(40)58-50(42)44/h1-31H. The van der Waals surface area contributed by atoms with Crippen molar-refractivity contribution in [1.29, 1.82) is 0 Å². The van der Waals surface area contributed by atoms with Crippen LogP contribution in [0.4, 0.5) is 0 Å². The number of benzene rings is 9. The highest BCUT2D eigenvalue weighted by molar-refractivity contribution is 6.17. The van der Waals surface area contributed by atoms with Crippen LogP contribution in [-0.4, -0.2) is 15.0 Å². The highest BCUT2D eigenvalue weighted by Crippen LogP contribution is 2.43. The Morgan fingerprint density at radius 1 is 0.293 bits per heavy atom. The second-order valence-electron chi connectivity index (χ2n) is 14.7. The normalized spacial score (nSPS) is 11.8. The van der Waals surface area contributed by atoms with Gasteiger partial charge in [0.05, 0.1) is 5.56 Å². The van der Waals surface area contributed by atoms with E-state index >= 15 is 0 Å². The number of fused-ring (bicyclic) bond motifs is 8. The van der Waals surface area contributed by atoms with Gasteiger partial charge in [0.15, 0.2) is 17.5 Å². The molecule has 5 nitrogen and oxygen atoms in total. The van der Waals surface area contributed by atoms with Crippen molar-refractivity contribution in [2.75, 3.05) is 0 Å². The highest BCUT2D eigenvalue weighted by atomic mass is 16.3. The summed E-state index contributed by atoms with van der Waals surface area (Å²) in [5, 5.41) is 8.67. The van der Waals surface area contributed by atoms with Crippen molar-refractivity contribution in [2.45, 2.75) is 0 Å². The minimum Gasteiger partial charge on any atom is -0.456 e. The van der Waals surface area contributed by atoms with Crippen molar-refractivity contribution in [3.8, 4) is 56.4 Å². The maximum atomic E-state index is 6.51. The third-order valence-corrected chi connectivity index (χ3v) is 11.3. The fourth-order valence-corrected chi connectivity index (χ4v) is 8.59. The summed E-state index contributed by atoms with van der Waals surface area (Å²) < 4.78 is 13.0. The van der Waals surface area contributed by atoms with E-state index in [9.17, 15) is 0 Å². The Morgan fingerprint density at radius 3 is 1.79 bits per heavy atom. The first kappa shape index (κ1) is 32.4. The molecule has 0 bridgehead atoms. The third kappa shape index (κ3) is 5.14. The van der Waals surface area contributed by atoms with Crippen molar-refractivity contribution in [3.05, 3.63) is 188 Å². The summed E-state index contributed by atoms with van der Waals surface area (Å²) in [7, 11) is 0. The van der Waals surface area contributed by atoms with Crippen LogP contribution in [-0.2, 0) is 0 Å². The molecule has 9 aromatic carbocycles. The van der Waals surface area contributed by atoms with Crippen molar-refractivity contribution in [2.24, 2.45) is 0 Å². The second-order valence-corrected chi connectivity index (χ2v) is 14.7. The summed E-state index contributed by atoms with van der Waals surface area (Å²) >= 11 is 0. The molecule has 0 atom stereocenters. The molecule has 5 heteroatoms. The highest BCUT2D eigenvalue weighted by Gasteiger charge is 2.21. The number of para-hydroxylation sites is 2. The van der Waals surface area contributed by atoms with Crippen LogP contribution >= 0.6 is 0 Å². The second kappa shape index (κ2) is 12.8. The Hall–Kier alpha value is -7.89. The minimum absolute atomic E-state index is 0.551. The number of rotatable bonds is 5. The average Bonchev–Trinajstić information content (AvgIpc) is 3.87. The van der Waals surface area contributed by atoms with Crippen LogP contribution in [0.5, 0.6) is 0 Å². The molecule has 3 heterocycles. The van der Waals surface area contributed by atoms with Gasteiger partial charge in [0.25, 0.3) is 0 Å². The minimum atomic E-state index is 0.551. The monoisotopic (exact) mass is 741 g/mol. The quantitative estimate of drug-likeness (QED) is 0.176. The lowest BCUT2D eigenvalue weighted by atomic mass is 9.92. The van der Waals surface area contributed by atoms with Crippen LogP contribution in [0.1, 0.15) is 0 Å². The van der Waals surface area contributed by atoms with E-state index in [4.69, 9.17) is 23.8 Å². The smallest absolute Gasteiger partial charge is 0.167 e. The maximum absolute atomic E-state index is 6.51. The maximum Gasteiger partial charge on any atom is 0.167 e. The SMILES string of the molecule is c1ccc(-c2ccc3oc4cccc(-c5ccc(-c6nc(-c7ccc8ccccc8c7)nc(-c7cccc8c7oc7ccccc78)n6)c6ccccc56)c4c3c2)cc1. The summed E-state index contributed by atoms with van der Waals surface area (Å²) in [6.07, 6.45) is 0. The van der Waals surface area contributed by atoms with Gasteiger partial charge in [-0.2, -0.15) is 0 Å².